The molecule has 3 heterocycles. The lowest BCUT2D eigenvalue weighted by atomic mass is 9.88. The van der Waals surface area contributed by atoms with Crippen LogP contribution in [0.15, 0.2) is 42.6 Å². The van der Waals surface area contributed by atoms with E-state index in [2.05, 4.69) is 35.1 Å². The van der Waals surface area contributed by atoms with Crippen molar-refractivity contribution < 1.29 is 9.13 Å². The average Bonchev–Trinajstić information content (AvgIpc) is 2.92. The molecule has 1 saturated heterocycles. The number of ether oxygens (including phenoxy) is 1. The smallest absolute Gasteiger partial charge is 0.130 e. The van der Waals surface area contributed by atoms with Crippen molar-refractivity contribution in [1.29, 1.82) is 0 Å². The van der Waals surface area contributed by atoms with Gasteiger partial charge in [0.1, 0.15) is 11.6 Å². The number of morpholine rings is 1. The van der Waals surface area contributed by atoms with Gasteiger partial charge in [0.2, 0.25) is 0 Å². The summed E-state index contributed by atoms with van der Waals surface area (Å²) >= 11 is 0. The molecule has 1 aromatic carbocycles. The van der Waals surface area contributed by atoms with E-state index in [1.807, 2.05) is 24.4 Å². The van der Waals surface area contributed by atoms with Gasteiger partial charge in [0.25, 0.3) is 0 Å². The summed E-state index contributed by atoms with van der Waals surface area (Å²) in [5.74, 6) is 0.919. The number of aromatic nitrogens is 1. The highest BCUT2D eigenvalue weighted by Gasteiger charge is 2.36. The fourth-order valence-corrected chi connectivity index (χ4v) is 4.21. The summed E-state index contributed by atoms with van der Waals surface area (Å²) < 4.78 is 19.2. The lowest BCUT2D eigenvalue weighted by molar-refractivity contribution is -0.0688. The Morgan fingerprint density at radius 1 is 1.16 bits per heavy atom. The minimum absolute atomic E-state index is 0.178. The molecule has 132 valence electrons. The second-order valence-electron chi connectivity index (χ2n) is 7.20. The molecule has 1 N–H and O–H groups in total. The van der Waals surface area contributed by atoms with E-state index in [0.717, 1.165) is 31.0 Å². The first-order valence-corrected chi connectivity index (χ1v) is 8.95. The second kappa shape index (κ2) is 6.73. The van der Waals surface area contributed by atoms with Gasteiger partial charge in [0.15, 0.2) is 0 Å². The summed E-state index contributed by atoms with van der Waals surface area (Å²) in [5.41, 5.74) is 2.31. The second-order valence-corrected chi connectivity index (χ2v) is 7.20. The molecule has 4 unspecified atom stereocenters. The molecule has 2 aliphatic rings. The third-order valence-electron chi connectivity index (χ3n) is 5.08. The lowest BCUT2D eigenvalue weighted by Crippen LogP contribution is -2.49. The molecular weight excluding hydrogens is 317 g/mol. The Bertz CT molecular complexity index is 726. The Kier molecular flexibility index (Phi) is 4.44. The number of rotatable bonds is 3. The molecule has 25 heavy (non-hydrogen) atoms. The summed E-state index contributed by atoms with van der Waals surface area (Å²) in [6.07, 6.45) is 2.30. The number of benzene rings is 1. The Balaban J connectivity index is 1.61. The van der Waals surface area contributed by atoms with E-state index in [0.29, 0.717) is 0 Å². The fraction of sp³-hybridized carbons (Fsp3) is 0.450. The van der Waals surface area contributed by atoms with Gasteiger partial charge in [-0.25, -0.2) is 9.37 Å². The van der Waals surface area contributed by atoms with Gasteiger partial charge in [-0.15, -0.1) is 0 Å². The number of nitrogens with one attached hydrogen (secondary N) is 1. The highest BCUT2D eigenvalue weighted by molar-refractivity contribution is 5.57. The van der Waals surface area contributed by atoms with Gasteiger partial charge >= 0.3 is 0 Å². The Hall–Kier alpha value is -1.98. The van der Waals surface area contributed by atoms with Crippen LogP contribution >= 0.6 is 0 Å². The van der Waals surface area contributed by atoms with Gasteiger partial charge in [0, 0.05) is 37.3 Å². The van der Waals surface area contributed by atoms with Gasteiger partial charge in [-0.05, 0) is 37.6 Å². The zero-order valence-corrected chi connectivity index (χ0v) is 14.7. The van der Waals surface area contributed by atoms with Crippen molar-refractivity contribution in [2.75, 3.05) is 25.0 Å². The van der Waals surface area contributed by atoms with Crippen LogP contribution in [0.4, 0.5) is 10.2 Å². The molecule has 1 fully saturated rings. The number of anilines is 1. The van der Waals surface area contributed by atoms with Gasteiger partial charge < -0.3 is 10.1 Å². The predicted octanol–water partition coefficient (Wildman–Crippen LogP) is 3.26. The summed E-state index contributed by atoms with van der Waals surface area (Å²) in [6.45, 7) is 7.03. The molecule has 0 radical (unpaired) electrons. The quantitative estimate of drug-likeness (QED) is 0.930. The molecule has 2 aliphatic heterocycles. The van der Waals surface area contributed by atoms with E-state index < -0.39 is 0 Å². The summed E-state index contributed by atoms with van der Waals surface area (Å²) in [6, 6.07) is 11.2. The van der Waals surface area contributed by atoms with Crippen LogP contribution < -0.4 is 5.32 Å². The lowest BCUT2D eigenvalue weighted by Gasteiger charge is -2.37. The van der Waals surface area contributed by atoms with Crippen molar-refractivity contribution in [3.05, 3.63) is 59.5 Å². The van der Waals surface area contributed by atoms with E-state index in [1.54, 1.807) is 12.1 Å². The Labute approximate surface area is 148 Å². The van der Waals surface area contributed by atoms with Crippen LogP contribution in [0.3, 0.4) is 0 Å². The number of fused-ring (bicyclic) bond motifs is 1. The first kappa shape index (κ1) is 16.5. The molecule has 5 heteroatoms. The number of pyridine rings is 1. The normalized spacial score (nSPS) is 29.2. The third kappa shape index (κ3) is 3.39. The third-order valence-corrected chi connectivity index (χ3v) is 5.08. The number of nitrogens with zero attached hydrogens (tertiary/aromatic N) is 2. The van der Waals surface area contributed by atoms with Crippen LogP contribution in [0, 0.1) is 5.82 Å². The highest BCUT2D eigenvalue weighted by Crippen LogP contribution is 2.39. The molecule has 0 saturated carbocycles. The summed E-state index contributed by atoms with van der Waals surface area (Å²) in [4.78, 5) is 6.95. The highest BCUT2D eigenvalue weighted by atomic mass is 19.1. The molecule has 4 atom stereocenters. The SMILES string of the molecule is CC1CN(CC2Nc3ncccc3C2c2ccc(F)cc2)CC(C)O1. The van der Waals surface area contributed by atoms with Gasteiger partial charge in [0.05, 0.1) is 18.2 Å². The standard InChI is InChI=1S/C20H24FN3O/c1-13-10-24(11-14(2)25-13)12-18-19(15-5-7-16(21)8-6-15)17-4-3-9-22-20(17)23-18/h3-9,13-14,18-19H,10-12H2,1-2H3,(H,22,23). The molecule has 0 bridgehead atoms. The van der Waals surface area contributed by atoms with Crippen molar-refractivity contribution in [3.8, 4) is 0 Å². The maximum Gasteiger partial charge on any atom is 0.130 e. The molecule has 0 aliphatic carbocycles. The van der Waals surface area contributed by atoms with E-state index >= 15 is 0 Å². The van der Waals surface area contributed by atoms with Crippen LogP contribution in [0.2, 0.25) is 0 Å². The molecule has 1 aromatic heterocycles. The van der Waals surface area contributed by atoms with E-state index in [9.17, 15) is 4.39 Å². The maximum atomic E-state index is 13.4. The van der Waals surface area contributed by atoms with Crippen molar-refractivity contribution in [2.24, 2.45) is 0 Å². The van der Waals surface area contributed by atoms with Gasteiger partial charge in [-0.3, -0.25) is 4.90 Å². The van der Waals surface area contributed by atoms with Crippen LogP contribution in [0.5, 0.6) is 0 Å². The van der Waals surface area contributed by atoms with Gasteiger partial charge in [-0.1, -0.05) is 18.2 Å². The molecule has 4 rings (SSSR count). The molecule has 2 aromatic rings. The minimum Gasteiger partial charge on any atom is -0.373 e. The van der Waals surface area contributed by atoms with Crippen LogP contribution in [0.1, 0.15) is 30.9 Å². The predicted molar refractivity (Wildman–Crippen MR) is 96.3 cm³/mol. The van der Waals surface area contributed by atoms with Crippen LogP contribution in [-0.2, 0) is 4.74 Å². The zero-order chi connectivity index (χ0) is 17.4. The first-order chi connectivity index (χ1) is 12.1. The van der Waals surface area contributed by atoms with Crippen molar-refractivity contribution >= 4 is 5.82 Å². The van der Waals surface area contributed by atoms with Crippen molar-refractivity contribution in [2.45, 2.75) is 38.0 Å². The Morgan fingerprint density at radius 2 is 1.88 bits per heavy atom. The van der Waals surface area contributed by atoms with Crippen molar-refractivity contribution in [3.63, 3.8) is 0 Å². The fourth-order valence-electron chi connectivity index (χ4n) is 4.21. The molecule has 0 spiro atoms. The molecular formula is C20H24FN3O. The Morgan fingerprint density at radius 3 is 2.60 bits per heavy atom. The topological polar surface area (TPSA) is 37.4 Å². The van der Waals surface area contributed by atoms with Gasteiger partial charge in [-0.2, -0.15) is 0 Å². The van der Waals surface area contributed by atoms with Crippen molar-refractivity contribution in [1.82, 2.24) is 9.88 Å². The zero-order valence-electron chi connectivity index (χ0n) is 14.7. The maximum absolute atomic E-state index is 13.4. The summed E-state index contributed by atoms with van der Waals surface area (Å²) in [7, 11) is 0. The number of hydrogen-bond acceptors (Lipinski definition) is 4. The van der Waals surface area contributed by atoms with Crippen LogP contribution in [0.25, 0.3) is 0 Å². The largest absolute Gasteiger partial charge is 0.373 e. The summed E-state index contributed by atoms with van der Waals surface area (Å²) in [5, 5.41) is 3.59. The number of hydrogen-bond donors (Lipinski definition) is 1. The van der Waals surface area contributed by atoms with E-state index in [1.165, 1.54) is 5.56 Å². The van der Waals surface area contributed by atoms with E-state index in [-0.39, 0.29) is 30.0 Å². The first-order valence-electron chi connectivity index (χ1n) is 8.95. The number of halogens is 1. The average molecular weight is 341 g/mol. The minimum atomic E-state index is -0.200. The van der Waals surface area contributed by atoms with Crippen LogP contribution in [-0.4, -0.2) is 47.8 Å². The molecule has 4 nitrogen and oxygen atoms in total. The molecule has 0 amide bonds. The monoisotopic (exact) mass is 341 g/mol. The van der Waals surface area contributed by atoms with E-state index in [4.69, 9.17) is 4.74 Å².